The first kappa shape index (κ1) is 18.7. The fourth-order valence-electron chi connectivity index (χ4n) is 3.29. The molecule has 5 heteroatoms. The third kappa shape index (κ3) is 5.49. The quantitative estimate of drug-likeness (QED) is 0.862. The number of hydrogen-bond acceptors (Lipinski definition) is 4. The standard InChI is InChI=1S/C19H30N2O3/c1-14-9-15(2)11-18(10-14)24-13-17(22)12-21-7-5-16(6-8-21)19(23)20(3)4/h9-11,16-17,22H,5-8,12-13H2,1-4H3. The van der Waals surface area contributed by atoms with Crippen molar-refractivity contribution in [1.29, 1.82) is 0 Å². The number of piperidine rings is 1. The Hall–Kier alpha value is -1.59. The second kappa shape index (κ2) is 8.49. The van der Waals surface area contributed by atoms with Crippen molar-refractivity contribution < 1.29 is 14.6 Å². The number of aliphatic hydroxyl groups is 1. The lowest BCUT2D eigenvalue weighted by Crippen LogP contribution is -2.43. The molecule has 0 aliphatic carbocycles. The summed E-state index contributed by atoms with van der Waals surface area (Å²) >= 11 is 0. The number of β-amino-alcohol motifs (C(OH)–C–C–N with tert-alkyl or cyclic N) is 1. The fourth-order valence-corrected chi connectivity index (χ4v) is 3.29. The van der Waals surface area contributed by atoms with E-state index < -0.39 is 6.10 Å². The summed E-state index contributed by atoms with van der Waals surface area (Å²) in [5, 5.41) is 10.2. The number of likely N-dealkylation sites (tertiary alicyclic amines) is 1. The lowest BCUT2D eigenvalue weighted by atomic mass is 9.95. The Bertz CT molecular complexity index is 531. The topological polar surface area (TPSA) is 53.0 Å². The highest BCUT2D eigenvalue weighted by Gasteiger charge is 2.26. The van der Waals surface area contributed by atoms with Gasteiger partial charge < -0.3 is 19.6 Å². The molecule has 1 fully saturated rings. The van der Waals surface area contributed by atoms with Crippen LogP contribution in [-0.2, 0) is 4.79 Å². The Kier molecular flexibility index (Phi) is 6.63. The van der Waals surface area contributed by atoms with Crippen LogP contribution in [0, 0.1) is 19.8 Å². The molecule has 1 aromatic rings. The van der Waals surface area contributed by atoms with Crippen molar-refractivity contribution in [3.8, 4) is 5.75 Å². The molecule has 1 heterocycles. The van der Waals surface area contributed by atoms with Crippen molar-refractivity contribution in [2.45, 2.75) is 32.8 Å². The van der Waals surface area contributed by atoms with Gasteiger partial charge in [-0.1, -0.05) is 6.07 Å². The third-order valence-corrected chi connectivity index (χ3v) is 4.48. The number of aliphatic hydroxyl groups excluding tert-OH is 1. The second-order valence-electron chi connectivity index (χ2n) is 7.10. The first-order chi connectivity index (χ1) is 11.3. The molecule has 0 radical (unpaired) electrons. The highest BCUT2D eigenvalue weighted by molar-refractivity contribution is 5.78. The Labute approximate surface area is 145 Å². The van der Waals surface area contributed by atoms with Crippen LogP contribution >= 0.6 is 0 Å². The molecule has 1 aliphatic rings. The number of hydrogen-bond donors (Lipinski definition) is 1. The minimum atomic E-state index is -0.521. The summed E-state index contributed by atoms with van der Waals surface area (Å²) in [6.07, 6.45) is 1.20. The van der Waals surface area contributed by atoms with Gasteiger partial charge in [0.15, 0.2) is 0 Å². The van der Waals surface area contributed by atoms with Gasteiger partial charge in [0.2, 0.25) is 5.91 Å². The molecule has 1 saturated heterocycles. The Morgan fingerprint density at radius 1 is 1.25 bits per heavy atom. The number of aryl methyl sites for hydroxylation is 2. The van der Waals surface area contributed by atoms with E-state index in [1.165, 1.54) is 0 Å². The van der Waals surface area contributed by atoms with E-state index in [0.29, 0.717) is 13.2 Å². The van der Waals surface area contributed by atoms with Gasteiger partial charge in [-0.3, -0.25) is 4.79 Å². The highest BCUT2D eigenvalue weighted by Crippen LogP contribution is 2.20. The van der Waals surface area contributed by atoms with Gasteiger partial charge in [0.25, 0.3) is 0 Å². The molecule has 2 rings (SSSR count). The number of nitrogens with zero attached hydrogens (tertiary/aromatic N) is 2. The number of ether oxygens (including phenoxy) is 1. The third-order valence-electron chi connectivity index (χ3n) is 4.48. The SMILES string of the molecule is Cc1cc(C)cc(OCC(O)CN2CCC(C(=O)N(C)C)CC2)c1. The van der Waals surface area contributed by atoms with Crippen LogP contribution in [0.4, 0.5) is 0 Å². The predicted molar refractivity (Wildman–Crippen MR) is 95.3 cm³/mol. The van der Waals surface area contributed by atoms with E-state index >= 15 is 0 Å². The van der Waals surface area contributed by atoms with E-state index in [0.717, 1.165) is 42.8 Å². The zero-order chi connectivity index (χ0) is 17.7. The van der Waals surface area contributed by atoms with Gasteiger partial charge in [0.1, 0.15) is 18.5 Å². The summed E-state index contributed by atoms with van der Waals surface area (Å²) in [5.41, 5.74) is 2.32. The molecule has 1 aromatic carbocycles. The maximum Gasteiger partial charge on any atom is 0.225 e. The minimum absolute atomic E-state index is 0.125. The zero-order valence-electron chi connectivity index (χ0n) is 15.3. The van der Waals surface area contributed by atoms with Gasteiger partial charge >= 0.3 is 0 Å². The van der Waals surface area contributed by atoms with Crippen molar-refractivity contribution >= 4 is 5.91 Å². The van der Waals surface area contributed by atoms with Gasteiger partial charge in [-0.15, -0.1) is 0 Å². The van der Waals surface area contributed by atoms with Crippen LogP contribution in [0.2, 0.25) is 0 Å². The number of amides is 1. The van der Waals surface area contributed by atoms with E-state index in [-0.39, 0.29) is 11.8 Å². The fraction of sp³-hybridized carbons (Fsp3) is 0.632. The normalized spacial score (nSPS) is 17.5. The minimum Gasteiger partial charge on any atom is -0.491 e. The second-order valence-corrected chi connectivity index (χ2v) is 7.10. The summed E-state index contributed by atoms with van der Waals surface area (Å²) in [6.45, 7) is 6.66. The van der Waals surface area contributed by atoms with Gasteiger partial charge in [-0.05, 0) is 63.0 Å². The summed E-state index contributed by atoms with van der Waals surface area (Å²) in [7, 11) is 3.62. The maximum atomic E-state index is 12.0. The lowest BCUT2D eigenvalue weighted by molar-refractivity contribution is -0.134. The van der Waals surface area contributed by atoms with E-state index in [2.05, 4.69) is 11.0 Å². The molecule has 1 unspecified atom stereocenters. The van der Waals surface area contributed by atoms with Gasteiger partial charge in [0.05, 0.1) is 0 Å². The van der Waals surface area contributed by atoms with E-state index in [1.807, 2.05) is 40.1 Å². The Morgan fingerprint density at radius 3 is 2.38 bits per heavy atom. The summed E-state index contributed by atoms with van der Waals surface area (Å²) in [6, 6.07) is 6.07. The molecular formula is C19H30N2O3. The molecule has 1 atom stereocenters. The van der Waals surface area contributed by atoms with Gasteiger partial charge in [0, 0.05) is 26.6 Å². The van der Waals surface area contributed by atoms with Gasteiger partial charge in [-0.2, -0.15) is 0 Å². The van der Waals surface area contributed by atoms with E-state index in [4.69, 9.17) is 4.74 Å². The average molecular weight is 334 g/mol. The van der Waals surface area contributed by atoms with Crippen LogP contribution in [0.1, 0.15) is 24.0 Å². The van der Waals surface area contributed by atoms with Crippen molar-refractivity contribution in [2.75, 3.05) is 40.3 Å². The summed E-state index contributed by atoms with van der Waals surface area (Å²) in [5.74, 6) is 1.15. The molecule has 0 aromatic heterocycles. The number of benzene rings is 1. The van der Waals surface area contributed by atoms with Crippen LogP contribution in [0.15, 0.2) is 18.2 Å². The van der Waals surface area contributed by atoms with E-state index in [9.17, 15) is 9.90 Å². The monoisotopic (exact) mass is 334 g/mol. The molecule has 0 bridgehead atoms. The van der Waals surface area contributed by atoms with Crippen LogP contribution in [0.3, 0.4) is 0 Å². The number of rotatable bonds is 6. The van der Waals surface area contributed by atoms with E-state index in [1.54, 1.807) is 4.90 Å². The van der Waals surface area contributed by atoms with Crippen LogP contribution < -0.4 is 4.74 Å². The van der Waals surface area contributed by atoms with Gasteiger partial charge in [-0.25, -0.2) is 0 Å². The smallest absolute Gasteiger partial charge is 0.225 e. The first-order valence-corrected chi connectivity index (χ1v) is 8.68. The molecule has 24 heavy (non-hydrogen) atoms. The van der Waals surface area contributed by atoms with Crippen molar-refractivity contribution in [2.24, 2.45) is 5.92 Å². The molecule has 0 saturated carbocycles. The Morgan fingerprint density at radius 2 is 1.83 bits per heavy atom. The molecule has 1 N–H and O–H groups in total. The first-order valence-electron chi connectivity index (χ1n) is 8.68. The Balaban J connectivity index is 1.73. The lowest BCUT2D eigenvalue weighted by Gasteiger charge is -2.33. The number of carbonyl (C=O) groups excluding carboxylic acids is 1. The van der Waals surface area contributed by atoms with Crippen molar-refractivity contribution in [1.82, 2.24) is 9.80 Å². The largest absolute Gasteiger partial charge is 0.491 e. The molecule has 1 aliphatic heterocycles. The van der Waals surface area contributed by atoms with Crippen LogP contribution in [-0.4, -0.2) is 67.3 Å². The predicted octanol–water partition coefficient (Wildman–Crippen LogP) is 1.84. The molecule has 134 valence electrons. The molecular weight excluding hydrogens is 304 g/mol. The molecule has 1 amide bonds. The zero-order valence-corrected chi connectivity index (χ0v) is 15.3. The van der Waals surface area contributed by atoms with Crippen LogP contribution in [0.25, 0.3) is 0 Å². The van der Waals surface area contributed by atoms with Crippen LogP contribution in [0.5, 0.6) is 5.75 Å². The average Bonchev–Trinajstić information content (AvgIpc) is 2.52. The molecule has 0 spiro atoms. The summed E-state index contributed by atoms with van der Waals surface area (Å²) in [4.78, 5) is 15.9. The molecule has 5 nitrogen and oxygen atoms in total. The summed E-state index contributed by atoms with van der Waals surface area (Å²) < 4.78 is 5.72. The maximum absolute atomic E-state index is 12.0. The van der Waals surface area contributed by atoms with Crippen molar-refractivity contribution in [3.63, 3.8) is 0 Å². The van der Waals surface area contributed by atoms with Crippen molar-refractivity contribution in [3.05, 3.63) is 29.3 Å². The highest BCUT2D eigenvalue weighted by atomic mass is 16.5. The number of carbonyl (C=O) groups is 1.